The summed E-state index contributed by atoms with van der Waals surface area (Å²) >= 11 is 5.98. The normalized spacial score (nSPS) is 10.7. The number of amides is 1. The Morgan fingerprint density at radius 2 is 2.09 bits per heavy atom. The van der Waals surface area contributed by atoms with Crippen molar-refractivity contribution in [2.24, 2.45) is 5.10 Å². The van der Waals surface area contributed by atoms with Crippen LogP contribution in [0.1, 0.15) is 21.5 Å². The molecule has 2 N–H and O–H groups in total. The summed E-state index contributed by atoms with van der Waals surface area (Å²) in [6, 6.07) is 8.73. The van der Waals surface area contributed by atoms with Crippen molar-refractivity contribution in [3.8, 4) is 5.75 Å². The van der Waals surface area contributed by atoms with Gasteiger partial charge in [-0.15, -0.1) is 0 Å². The molecule has 0 saturated carbocycles. The topological polar surface area (TPSA) is 105 Å². The van der Waals surface area contributed by atoms with E-state index in [4.69, 9.17) is 11.6 Å². The Labute approximate surface area is 136 Å². The van der Waals surface area contributed by atoms with Gasteiger partial charge < -0.3 is 5.11 Å². The Balaban J connectivity index is 2.11. The number of carbonyl (C=O) groups is 1. The smallest absolute Gasteiger partial charge is 0.311 e. The molecule has 2 rings (SSSR count). The first kappa shape index (κ1) is 16.4. The van der Waals surface area contributed by atoms with Crippen LogP contribution in [-0.4, -0.2) is 22.2 Å². The minimum absolute atomic E-state index is 0.270. The van der Waals surface area contributed by atoms with Crippen molar-refractivity contribution in [1.82, 2.24) is 5.43 Å². The maximum Gasteiger partial charge on any atom is 0.311 e. The van der Waals surface area contributed by atoms with Crippen molar-refractivity contribution in [1.29, 1.82) is 0 Å². The largest absolute Gasteiger partial charge is 0.502 e. The molecule has 1 amide bonds. The van der Waals surface area contributed by atoms with Crippen LogP contribution < -0.4 is 5.43 Å². The van der Waals surface area contributed by atoms with Gasteiger partial charge in [0, 0.05) is 11.6 Å². The van der Waals surface area contributed by atoms with Crippen LogP contribution in [0.25, 0.3) is 0 Å². The molecule has 0 aromatic heterocycles. The molecule has 0 bridgehead atoms. The highest BCUT2D eigenvalue weighted by Gasteiger charge is 2.13. The first-order valence-electron chi connectivity index (χ1n) is 6.45. The van der Waals surface area contributed by atoms with Gasteiger partial charge in [0.15, 0.2) is 5.75 Å². The Kier molecular flexibility index (Phi) is 4.92. The van der Waals surface area contributed by atoms with Crippen LogP contribution in [0, 0.1) is 17.0 Å². The summed E-state index contributed by atoms with van der Waals surface area (Å²) < 4.78 is 0. The van der Waals surface area contributed by atoms with Crippen molar-refractivity contribution in [3.05, 3.63) is 68.2 Å². The molecule has 2 aromatic carbocycles. The van der Waals surface area contributed by atoms with Crippen LogP contribution in [0.3, 0.4) is 0 Å². The summed E-state index contributed by atoms with van der Waals surface area (Å²) in [4.78, 5) is 22.0. The lowest BCUT2D eigenvalue weighted by molar-refractivity contribution is -0.385. The highest BCUT2D eigenvalue weighted by atomic mass is 35.5. The predicted molar refractivity (Wildman–Crippen MR) is 86.0 cm³/mol. The Morgan fingerprint density at radius 3 is 2.74 bits per heavy atom. The molecule has 23 heavy (non-hydrogen) atoms. The zero-order chi connectivity index (χ0) is 17.0. The molecule has 0 heterocycles. The second-order valence-electron chi connectivity index (χ2n) is 4.69. The van der Waals surface area contributed by atoms with E-state index in [0.717, 1.165) is 11.6 Å². The number of rotatable bonds is 4. The van der Waals surface area contributed by atoms with E-state index in [2.05, 4.69) is 10.5 Å². The van der Waals surface area contributed by atoms with Crippen LogP contribution in [0.2, 0.25) is 5.02 Å². The lowest BCUT2D eigenvalue weighted by Gasteiger charge is -2.03. The number of nitrogens with zero attached hydrogens (tertiary/aromatic N) is 2. The van der Waals surface area contributed by atoms with Crippen molar-refractivity contribution in [2.75, 3.05) is 0 Å². The van der Waals surface area contributed by atoms with Crippen molar-refractivity contribution in [2.45, 2.75) is 6.92 Å². The highest BCUT2D eigenvalue weighted by molar-refractivity contribution is 6.33. The Bertz CT molecular complexity index is 805. The second-order valence-corrected chi connectivity index (χ2v) is 5.09. The Morgan fingerprint density at radius 1 is 1.35 bits per heavy atom. The van der Waals surface area contributed by atoms with Gasteiger partial charge in [0.1, 0.15) is 0 Å². The Hall–Kier alpha value is -2.93. The number of nitro benzene ring substituents is 1. The van der Waals surface area contributed by atoms with Crippen LogP contribution in [0.5, 0.6) is 5.75 Å². The number of carbonyl (C=O) groups excluding carboxylic acids is 1. The van der Waals surface area contributed by atoms with Gasteiger partial charge in [-0.2, -0.15) is 5.10 Å². The van der Waals surface area contributed by atoms with Crippen molar-refractivity contribution >= 4 is 29.4 Å². The van der Waals surface area contributed by atoms with E-state index in [1.165, 1.54) is 18.3 Å². The molecule has 8 heteroatoms. The minimum Gasteiger partial charge on any atom is -0.502 e. The number of halogens is 1. The maximum atomic E-state index is 11.9. The van der Waals surface area contributed by atoms with Crippen molar-refractivity contribution < 1.29 is 14.8 Å². The quantitative estimate of drug-likeness (QED) is 0.509. The van der Waals surface area contributed by atoms with E-state index in [0.29, 0.717) is 10.6 Å². The van der Waals surface area contributed by atoms with Crippen molar-refractivity contribution in [3.63, 3.8) is 0 Å². The van der Waals surface area contributed by atoms with Gasteiger partial charge in [-0.3, -0.25) is 14.9 Å². The van der Waals surface area contributed by atoms with E-state index >= 15 is 0 Å². The van der Waals surface area contributed by atoms with Gasteiger partial charge >= 0.3 is 5.69 Å². The van der Waals surface area contributed by atoms with Crippen LogP contribution in [0.15, 0.2) is 41.5 Å². The lowest BCUT2D eigenvalue weighted by Crippen LogP contribution is -2.18. The first-order chi connectivity index (χ1) is 10.9. The van der Waals surface area contributed by atoms with E-state index in [1.54, 1.807) is 18.2 Å². The van der Waals surface area contributed by atoms with Gasteiger partial charge in [0.05, 0.1) is 21.7 Å². The molecule has 0 saturated heterocycles. The zero-order valence-corrected chi connectivity index (χ0v) is 12.7. The molecule has 0 aliphatic carbocycles. The summed E-state index contributed by atoms with van der Waals surface area (Å²) in [5, 5.41) is 24.1. The monoisotopic (exact) mass is 333 g/mol. The number of nitro groups is 1. The van der Waals surface area contributed by atoms with Crippen LogP contribution in [0.4, 0.5) is 5.69 Å². The number of aromatic hydroxyl groups is 1. The molecule has 0 spiro atoms. The summed E-state index contributed by atoms with van der Waals surface area (Å²) in [7, 11) is 0. The number of hydrogen-bond donors (Lipinski definition) is 2. The number of phenolic OH excluding ortho intramolecular Hbond substituents is 1. The molecular formula is C15H12ClN3O4. The summed E-state index contributed by atoms with van der Waals surface area (Å²) in [6.45, 7) is 1.85. The van der Waals surface area contributed by atoms with Gasteiger partial charge in [0.2, 0.25) is 0 Å². The maximum absolute atomic E-state index is 11.9. The molecule has 0 radical (unpaired) electrons. The fraction of sp³-hybridized carbons (Fsp3) is 0.0667. The number of hydrogen-bond acceptors (Lipinski definition) is 5. The standard InChI is InChI=1S/C15H12ClN3O4/c1-9-2-4-11(12(16)6-9)15(21)18-17-8-10-3-5-14(20)13(7-10)19(22)23/h2-8,20H,1H3,(H,18,21). The molecule has 0 atom stereocenters. The number of hydrazone groups is 1. The van der Waals surface area contributed by atoms with Gasteiger partial charge in [-0.05, 0) is 36.8 Å². The van der Waals surface area contributed by atoms with E-state index in [1.807, 2.05) is 6.92 Å². The van der Waals surface area contributed by atoms with Gasteiger partial charge in [-0.1, -0.05) is 17.7 Å². The molecule has 0 aliphatic heterocycles. The fourth-order valence-corrected chi connectivity index (χ4v) is 2.12. The molecule has 0 unspecified atom stereocenters. The predicted octanol–water partition coefficient (Wildman–Crippen LogP) is 3.03. The van der Waals surface area contributed by atoms with Crippen LogP contribution >= 0.6 is 11.6 Å². The summed E-state index contributed by atoms with van der Waals surface area (Å²) in [6.07, 6.45) is 1.23. The van der Waals surface area contributed by atoms with E-state index in [9.17, 15) is 20.0 Å². The van der Waals surface area contributed by atoms with E-state index in [-0.39, 0.29) is 5.56 Å². The molecule has 118 valence electrons. The fourth-order valence-electron chi connectivity index (χ4n) is 1.80. The summed E-state index contributed by atoms with van der Waals surface area (Å²) in [5.74, 6) is -0.942. The molecular weight excluding hydrogens is 322 g/mol. The average Bonchev–Trinajstić information content (AvgIpc) is 2.48. The summed E-state index contributed by atoms with van der Waals surface area (Å²) in [5.41, 5.74) is 3.39. The average molecular weight is 334 g/mol. The number of nitrogens with one attached hydrogen (secondary N) is 1. The SMILES string of the molecule is Cc1ccc(C(=O)NN=Cc2ccc(O)c([N+](=O)[O-])c2)c(Cl)c1. The lowest BCUT2D eigenvalue weighted by atomic mass is 10.1. The number of benzene rings is 2. The second kappa shape index (κ2) is 6.89. The van der Waals surface area contributed by atoms with Crippen LogP contribution in [-0.2, 0) is 0 Å². The molecule has 2 aromatic rings. The third kappa shape index (κ3) is 4.04. The zero-order valence-electron chi connectivity index (χ0n) is 12.0. The molecule has 7 nitrogen and oxygen atoms in total. The van der Waals surface area contributed by atoms with Gasteiger partial charge in [0.25, 0.3) is 5.91 Å². The third-order valence-electron chi connectivity index (χ3n) is 2.95. The molecule has 0 aliphatic rings. The first-order valence-corrected chi connectivity index (χ1v) is 6.83. The molecule has 0 fully saturated rings. The van der Waals surface area contributed by atoms with E-state index < -0.39 is 22.3 Å². The minimum atomic E-state index is -0.711. The highest BCUT2D eigenvalue weighted by Crippen LogP contribution is 2.25. The number of phenols is 1. The van der Waals surface area contributed by atoms with Gasteiger partial charge in [-0.25, -0.2) is 5.43 Å². The third-order valence-corrected chi connectivity index (χ3v) is 3.26. The number of aryl methyl sites for hydroxylation is 1.